The number of carbonyl (C=O) groups excluding carboxylic acids is 2. The van der Waals surface area contributed by atoms with Crippen LogP contribution in [0.4, 0.5) is 11.4 Å². The van der Waals surface area contributed by atoms with Crippen molar-refractivity contribution in [2.75, 3.05) is 50.1 Å². The van der Waals surface area contributed by atoms with Crippen LogP contribution in [-0.4, -0.2) is 69.2 Å². The fraction of sp³-hybridized carbons (Fsp3) is 0.459. The Morgan fingerprint density at radius 3 is 2.35 bits per heavy atom. The van der Waals surface area contributed by atoms with E-state index in [9.17, 15) is 9.59 Å². The molecular formula is C37H45ClN4O4. The molecule has 9 heteroatoms. The molecular weight excluding hydrogens is 600 g/mol. The third-order valence-corrected chi connectivity index (χ3v) is 9.89. The first-order chi connectivity index (χ1) is 22.2. The van der Waals surface area contributed by atoms with Crippen LogP contribution in [0.2, 0.25) is 5.02 Å². The lowest BCUT2D eigenvalue weighted by atomic mass is 9.84. The first-order valence-electron chi connectivity index (χ1n) is 16.5. The molecule has 1 N–H and O–H groups in total. The van der Waals surface area contributed by atoms with Crippen molar-refractivity contribution in [3.05, 3.63) is 82.4 Å². The van der Waals surface area contributed by atoms with Crippen molar-refractivity contribution < 1.29 is 19.1 Å². The number of amides is 2. The van der Waals surface area contributed by atoms with E-state index in [4.69, 9.17) is 21.1 Å². The number of methoxy groups -OCH3 is 1. The molecule has 3 aromatic carbocycles. The van der Waals surface area contributed by atoms with Crippen LogP contribution in [0.5, 0.6) is 11.5 Å². The van der Waals surface area contributed by atoms with Crippen molar-refractivity contribution in [2.24, 2.45) is 5.92 Å². The highest BCUT2D eigenvalue weighted by atomic mass is 35.5. The van der Waals surface area contributed by atoms with Gasteiger partial charge in [0.2, 0.25) is 11.8 Å². The van der Waals surface area contributed by atoms with Crippen LogP contribution in [0.3, 0.4) is 0 Å². The summed E-state index contributed by atoms with van der Waals surface area (Å²) in [5, 5.41) is 3.59. The van der Waals surface area contributed by atoms with Crippen LogP contribution >= 0.6 is 11.6 Å². The summed E-state index contributed by atoms with van der Waals surface area (Å²) in [7, 11) is 3.78. The predicted octanol–water partition coefficient (Wildman–Crippen LogP) is 6.24. The van der Waals surface area contributed by atoms with Crippen LogP contribution in [0, 0.1) is 5.92 Å². The molecule has 0 aromatic heterocycles. The maximum Gasteiger partial charge on any atom is 0.234 e. The second kappa shape index (κ2) is 13.9. The Hall–Kier alpha value is -3.75. The number of anilines is 2. The molecule has 2 aliphatic heterocycles. The zero-order valence-corrected chi connectivity index (χ0v) is 28.1. The molecule has 244 valence electrons. The summed E-state index contributed by atoms with van der Waals surface area (Å²) in [4.78, 5) is 32.4. The van der Waals surface area contributed by atoms with Gasteiger partial charge in [0, 0.05) is 49.1 Å². The second-order valence-corrected chi connectivity index (χ2v) is 13.6. The maximum atomic E-state index is 13.9. The Bertz CT molecular complexity index is 1540. The fourth-order valence-electron chi connectivity index (χ4n) is 7.35. The Morgan fingerprint density at radius 1 is 0.978 bits per heavy atom. The number of fused-ring (bicyclic) bond motifs is 1. The first kappa shape index (κ1) is 32.2. The van der Waals surface area contributed by atoms with Crippen LogP contribution in [0.25, 0.3) is 0 Å². The molecule has 2 amide bonds. The highest BCUT2D eigenvalue weighted by molar-refractivity contribution is 6.30. The van der Waals surface area contributed by atoms with Crippen LogP contribution < -0.4 is 24.6 Å². The van der Waals surface area contributed by atoms with E-state index >= 15 is 0 Å². The number of hydrogen-bond acceptors (Lipinski definition) is 6. The van der Waals surface area contributed by atoms with Crippen molar-refractivity contribution in [2.45, 2.75) is 64.1 Å². The highest BCUT2D eigenvalue weighted by Gasteiger charge is 2.36. The van der Waals surface area contributed by atoms with Crippen molar-refractivity contribution in [1.82, 2.24) is 10.2 Å². The summed E-state index contributed by atoms with van der Waals surface area (Å²) in [5.74, 6) is 2.08. The SMILES string of the molecule is COc1cc2c(cc1OC(C)C)C(c1ccc(Cl)cc1)N(c1ccc(N(C)C[C@H]3CC[C@H](N4CCNC(=O)C4)CC3)cc1)C(=O)C2. The third-order valence-electron chi connectivity index (χ3n) is 9.64. The van der Waals surface area contributed by atoms with Gasteiger partial charge in [0.05, 0.1) is 32.2 Å². The van der Waals surface area contributed by atoms with E-state index in [2.05, 4.69) is 46.4 Å². The molecule has 0 spiro atoms. The second-order valence-electron chi connectivity index (χ2n) is 13.2. The van der Waals surface area contributed by atoms with Gasteiger partial charge in [0.25, 0.3) is 0 Å². The minimum Gasteiger partial charge on any atom is -0.493 e. The van der Waals surface area contributed by atoms with E-state index in [1.807, 2.05) is 55.1 Å². The topological polar surface area (TPSA) is 74.4 Å². The highest BCUT2D eigenvalue weighted by Crippen LogP contribution is 2.44. The number of benzene rings is 3. The molecule has 2 fully saturated rings. The molecule has 0 radical (unpaired) electrons. The molecule has 1 saturated carbocycles. The molecule has 3 aromatic rings. The minimum absolute atomic E-state index is 0.0242. The standard InChI is InChI=1S/C37H45ClN4O4/c1-24(2)46-34-21-32-27(19-33(34)45-4)20-36(44)42(37(32)26-7-9-28(38)10-8-26)31-15-13-29(14-16-31)40(3)22-25-5-11-30(12-6-25)41-18-17-39-35(43)23-41/h7-10,13-16,19,21,24-25,30,37H,5-6,11-12,17-18,20,22-23H2,1-4H3,(H,39,43)/t25-,30-,37?. The van der Waals surface area contributed by atoms with Gasteiger partial charge in [-0.1, -0.05) is 23.7 Å². The molecule has 1 aliphatic carbocycles. The lowest BCUT2D eigenvalue weighted by molar-refractivity contribution is -0.125. The summed E-state index contributed by atoms with van der Waals surface area (Å²) < 4.78 is 11.8. The predicted molar refractivity (Wildman–Crippen MR) is 183 cm³/mol. The molecule has 0 bridgehead atoms. The van der Waals surface area contributed by atoms with Crippen molar-refractivity contribution in [3.8, 4) is 11.5 Å². The summed E-state index contributed by atoms with van der Waals surface area (Å²) in [6.07, 6.45) is 4.87. The van der Waals surface area contributed by atoms with Crippen molar-refractivity contribution in [3.63, 3.8) is 0 Å². The van der Waals surface area contributed by atoms with Gasteiger partial charge in [-0.05, 0) is 111 Å². The van der Waals surface area contributed by atoms with E-state index in [0.29, 0.717) is 35.0 Å². The van der Waals surface area contributed by atoms with Gasteiger partial charge in [-0.15, -0.1) is 0 Å². The molecule has 1 atom stereocenters. The Labute approximate surface area is 277 Å². The number of nitrogens with one attached hydrogen (secondary N) is 1. The maximum absolute atomic E-state index is 13.9. The van der Waals surface area contributed by atoms with Gasteiger partial charge >= 0.3 is 0 Å². The molecule has 8 nitrogen and oxygen atoms in total. The van der Waals surface area contributed by atoms with Gasteiger partial charge in [0.15, 0.2) is 11.5 Å². The van der Waals surface area contributed by atoms with Crippen molar-refractivity contribution >= 4 is 34.8 Å². The lowest BCUT2D eigenvalue weighted by Crippen LogP contribution is -2.52. The molecule has 46 heavy (non-hydrogen) atoms. The van der Waals surface area contributed by atoms with E-state index < -0.39 is 0 Å². The number of nitrogens with zero attached hydrogens (tertiary/aromatic N) is 3. The number of halogens is 1. The largest absolute Gasteiger partial charge is 0.493 e. The van der Waals surface area contributed by atoms with Crippen LogP contribution in [0.15, 0.2) is 60.7 Å². The van der Waals surface area contributed by atoms with Gasteiger partial charge in [-0.3, -0.25) is 14.5 Å². The Morgan fingerprint density at radius 2 is 1.70 bits per heavy atom. The van der Waals surface area contributed by atoms with E-state index in [1.54, 1.807) is 7.11 Å². The van der Waals surface area contributed by atoms with Gasteiger partial charge < -0.3 is 24.6 Å². The first-order valence-corrected chi connectivity index (χ1v) is 16.8. The van der Waals surface area contributed by atoms with Crippen LogP contribution in [-0.2, 0) is 16.0 Å². The summed E-state index contributed by atoms with van der Waals surface area (Å²) in [6, 6.07) is 20.2. The van der Waals surface area contributed by atoms with E-state index in [-0.39, 0.29) is 30.4 Å². The zero-order valence-electron chi connectivity index (χ0n) is 27.3. The van der Waals surface area contributed by atoms with E-state index in [0.717, 1.165) is 60.5 Å². The molecule has 1 unspecified atom stereocenters. The number of ether oxygens (including phenoxy) is 2. The van der Waals surface area contributed by atoms with Gasteiger partial charge in [-0.25, -0.2) is 0 Å². The Balaban J connectivity index is 1.21. The normalized spacial score (nSPS) is 22.0. The smallest absolute Gasteiger partial charge is 0.234 e. The number of carbonyl (C=O) groups is 2. The quantitative estimate of drug-likeness (QED) is 0.297. The number of hydrogen-bond donors (Lipinski definition) is 1. The molecule has 3 aliphatic rings. The van der Waals surface area contributed by atoms with Crippen molar-refractivity contribution in [1.29, 1.82) is 0 Å². The molecule has 6 rings (SSSR count). The summed E-state index contributed by atoms with van der Waals surface area (Å²) in [6.45, 7) is 7.22. The summed E-state index contributed by atoms with van der Waals surface area (Å²) >= 11 is 6.28. The lowest BCUT2D eigenvalue weighted by Gasteiger charge is -2.39. The average Bonchev–Trinajstić information content (AvgIpc) is 3.05. The number of rotatable bonds is 9. The van der Waals surface area contributed by atoms with E-state index in [1.165, 1.54) is 12.8 Å². The monoisotopic (exact) mass is 644 g/mol. The summed E-state index contributed by atoms with van der Waals surface area (Å²) in [5.41, 5.74) is 4.90. The fourth-order valence-corrected chi connectivity index (χ4v) is 7.48. The third kappa shape index (κ3) is 6.98. The zero-order chi connectivity index (χ0) is 32.4. The van der Waals surface area contributed by atoms with Gasteiger partial charge in [-0.2, -0.15) is 0 Å². The molecule has 1 saturated heterocycles. The minimum atomic E-state index is -0.348. The van der Waals surface area contributed by atoms with Gasteiger partial charge in [0.1, 0.15) is 0 Å². The Kier molecular flexibility index (Phi) is 9.76. The average molecular weight is 645 g/mol. The molecule has 2 heterocycles. The van der Waals surface area contributed by atoms with Crippen LogP contribution in [0.1, 0.15) is 62.3 Å². The number of piperazine rings is 1.